The predicted molar refractivity (Wildman–Crippen MR) is 98.4 cm³/mol. The van der Waals surface area contributed by atoms with E-state index in [2.05, 4.69) is 10.1 Å². The van der Waals surface area contributed by atoms with Crippen molar-refractivity contribution in [3.8, 4) is 22.9 Å². The predicted octanol–water partition coefficient (Wildman–Crippen LogP) is 4.42. The van der Waals surface area contributed by atoms with Crippen LogP contribution in [0, 0.1) is 0 Å². The summed E-state index contributed by atoms with van der Waals surface area (Å²) in [4.78, 5) is 16.4. The van der Waals surface area contributed by atoms with E-state index in [4.69, 9.17) is 41.9 Å². The number of hydrogen-bond acceptors (Lipinski definition) is 7. The first kappa shape index (κ1) is 19.0. The molecule has 27 heavy (non-hydrogen) atoms. The van der Waals surface area contributed by atoms with Crippen LogP contribution in [0.3, 0.4) is 0 Å². The highest BCUT2D eigenvalue weighted by Gasteiger charge is 2.17. The lowest BCUT2D eigenvalue weighted by Gasteiger charge is -2.07. The van der Waals surface area contributed by atoms with Crippen LogP contribution < -0.4 is 9.47 Å². The van der Waals surface area contributed by atoms with E-state index in [9.17, 15) is 4.79 Å². The first-order valence-electron chi connectivity index (χ1n) is 7.69. The normalized spacial score (nSPS) is 10.5. The fourth-order valence-electron chi connectivity index (χ4n) is 2.27. The molecule has 0 radical (unpaired) electrons. The van der Waals surface area contributed by atoms with E-state index in [0.717, 1.165) is 0 Å². The molecule has 0 bridgehead atoms. The molecule has 1 heterocycles. The number of benzene rings is 2. The molecule has 0 aliphatic carbocycles. The molecule has 0 spiro atoms. The van der Waals surface area contributed by atoms with Gasteiger partial charge in [0.1, 0.15) is 11.5 Å². The van der Waals surface area contributed by atoms with E-state index < -0.39 is 5.97 Å². The summed E-state index contributed by atoms with van der Waals surface area (Å²) in [5.41, 5.74) is 0.762. The van der Waals surface area contributed by atoms with Gasteiger partial charge in [-0.3, -0.25) is 0 Å². The van der Waals surface area contributed by atoms with Crippen molar-refractivity contribution in [1.29, 1.82) is 0 Å². The summed E-state index contributed by atoms with van der Waals surface area (Å²) in [5, 5.41) is 4.50. The summed E-state index contributed by atoms with van der Waals surface area (Å²) >= 11 is 11.9. The van der Waals surface area contributed by atoms with Gasteiger partial charge in [0.15, 0.2) is 6.61 Å². The Kier molecular flexibility index (Phi) is 5.83. The van der Waals surface area contributed by atoms with Crippen molar-refractivity contribution >= 4 is 29.2 Å². The summed E-state index contributed by atoms with van der Waals surface area (Å²) < 4.78 is 20.8. The first-order chi connectivity index (χ1) is 13.0. The minimum absolute atomic E-state index is 0.120. The van der Waals surface area contributed by atoms with E-state index >= 15 is 0 Å². The van der Waals surface area contributed by atoms with Crippen LogP contribution in [-0.2, 0) is 11.3 Å². The topological polar surface area (TPSA) is 83.7 Å². The number of rotatable bonds is 6. The second-order valence-electron chi connectivity index (χ2n) is 5.28. The lowest BCUT2D eigenvalue weighted by molar-refractivity contribution is 0.0430. The zero-order valence-corrected chi connectivity index (χ0v) is 15.9. The molecule has 3 rings (SSSR count). The Morgan fingerprint density at radius 3 is 2.67 bits per heavy atom. The van der Waals surface area contributed by atoms with Crippen LogP contribution in [0.2, 0.25) is 10.0 Å². The van der Waals surface area contributed by atoms with Crippen molar-refractivity contribution in [3.63, 3.8) is 0 Å². The average molecular weight is 409 g/mol. The van der Waals surface area contributed by atoms with Crippen molar-refractivity contribution in [2.24, 2.45) is 0 Å². The highest BCUT2D eigenvalue weighted by Crippen LogP contribution is 2.31. The molecule has 9 heteroatoms. The van der Waals surface area contributed by atoms with Crippen LogP contribution in [0.1, 0.15) is 16.2 Å². The van der Waals surface area contributed by atoms with Gasteiger partial charge in [-0.2, -0.15) is 4.98 Å². The fourth-order valence-corrected chi connectivity index (χ4v) is 2.63. The molecule has 0 amide bonds. The number of methoxy groups -OCH3 is 2. The Morgan fingerprint density at radius 1 is 1.11 bits per heavy atom. The van der Waals surface area contributed by atoms with Gasteiger partial charge in [0.05, 0.1) is 30.4 Å². The van der Waals surface area contributed by atoms with Gasteiger partial charge in [0.25, 0.3) is 5.89 Å². The van der Waals surface area contributed by atoms with Crippen molar-refractivity contribution < 1.29 is 23.5 Å². The Bertz CT molecular complexity index is 974. The van der Waals surface area contributed by atoms with E-state index in [1.165, 1.54) is 19.2 Å². The van der Waals surface area contributed by atoms with Crippen LogP contribution in [0.4, 0.5) is 0 Å². The largest absolute Gasteiger partial charge is 0.497 e. The Hall–Kier alpha value is -2.77. The summed E-state index contributed by atoms with van der Waals surface area (Å²) in [6.07, 6.45) is 0. The van der Waals surface area contributed by atoms with Gasteiger partial charge in [-0.1, -0.05) is 28.4 Å². The molecule has 7 nitrogen and oxygen atoms in total. The summed E-state index contributed by atoms with van der Waals surface area (Å²) in [6, 6.07) is 9.70. The van der Waals surface area contributed by atoms with E-state index in [1.807, 2.05) is 0 Å². The van der Waals surface area contributed by atoms with Crippen LogP contribution in [-0.4, -0.2) is 30.3 Å². The Balaban J connectivity index is 1.73. The number of aromatic nitrogens is 2. The van der Waals surface area contributed by atoms with Gasteiger partial charge in [-0.25, -0.2) is 4.79 Å². The van der Waals surface area contributed by atoms with Crippen molar-refractivity contribution in [3.05, 3.63) is 57.9 Å². The van der Waals surface area contributed by atoms with E-state index in [-0.39, 0.29) is 23.1 Å². The van der Waals surface area contributed by atoms with Gasteiger partial charge < -0.3 is 18.7 Å². The molecule has 0 unspecified atom stereocenters. The van der Waals surface area contributed by atoms with Crippen LogP contribution in [0.5, 0.6) is 11.5 Å². The molecule has 1 aromatic heterocycles. The molecule has 2 aromatic carbocycles. The maximum absolute atomic E-state index is 12.1. The van der Waals surface area contributed by atoms with E-state index in [0.29, 0.717) is 27.9 Å². The standard InChI is InChI=1S/C18H14Cl2N2O5/c1-24-11-4-5-12(15(8-11)25-2)17-21-16(27-22-17)9-26-18(23)13-7-10(19)3-6-14(13)20/h3-8H,9H2,1-2H3. The second kappa shape index (κ2) is 8.28. The lowest BCUT2D eigenvalue weighted by atomic mass is 10.2. The monoisotopic (exact) mass is 408 g/mol. The van der Waals surface area contributed by atoms with Crippen LogP contribution in [0.15, 0.2) is 40.9 Å². The maximum Gasteiger partial charge on any atom is 0.340 e. The number of esters is 1. The minimum atomic E-state index is -0.649. The first-order valence-corrected chi connectivity index (χ1v) is 8.44. The number of carbonyl (C=O) groups excluding carboxylic acids is 1. The molecular weight excluding hydrogens is 395 g/mol. The highest BCUT2D eigenvalue weighted by molar-refractivity contribution is 6.35. The molecule has 3 aromatic rings. The van der Waals surface area contributed by atoms with Gasteiger partial charge in [-0.05, 0) is 30.3 Å². The van der Waals surface area contributed by atoms with Gasteiger partial charge >= 0.3 is 5.97 Å². The molecule has 0 fully saturated rings. The Morgan fingerprint density at radius 2 is 1.93 bits per heavy atom. The SMILES string of the molecule is COc1ccc(-c2noc(COC(=O)c3cc(Cl)ccc3Cl)n2)c(OC)c1. The highest BCUT2D eigenvalue weighted by atomic mass is 35.5. The van der Waals surface area contributed by atoms with Crippen molar-refractivity contribution in [1.82, 2.24) is 10.1 Å². The molecule has 0 aliphatic rings. The average Bonchev–Trinajstić information content (AvgIpc) is 3.16. The van der Waals surface area contributed by atoms with Gasteiger partial charge in [0.2, 0.25) is 5.82 Å². The molecule has 0 aliphatic heterocycles. The number of carbonyl (C=O) groups is 1. The zero-order valence-electron chi connectivity index (χ0n) is 14.4. The van der Waals surface area contributed by atoms with Crippen molar-refractivity contribution in [2.75, 3.05) is 14.2 Å². The fraction of sp³-hybridized carbons (Fsp3) is 0.167. The second-order valence-corrected chi connectivity index (χ2v) is 6.12. The molecule has 0 atom stereocenters. The third-order valence-corrected chi connectivity index (χ3v) is 4.16. The molecule has 0 saturated heterocycles. The summed E-state index contributed by atoms with van der Waals surface area (Å²) in [5.74, 6) is 0.913. The van der Waals surface area contributed by atoms with Crippen LogP contribution in [0.25, 0.3) is 11.4 Å². The number of halogens is 2. The lowest BCUT2D eigenvalue weighted by Crippen LogP contribution is -2.06. The third-order valence-electron chi connectivity index (χ3n) is 3.59. The molecule has 140 valence electrons. The quantitative estimate of drug-likeness (QED) is 0.558. The number of hydrogen-bond donors (Lipinski definition) is 0. The minimum Gasteiger partial charge on any atom is -0.497 e. The zero-order chi connectivity index (χ0) is 19.4. The summed E-state index contributed by atoms with van der Waals surface area (Å²) in [6.45, 7) is -0.215. The number of nitrogens with zero attached hydrogens (tertiary/aromatic N) is 2. The molecular formula is C18H14Cl2N2O5. The van der Waals surface area contributed by atoms with Crippen LogP contribution >= 0.6 is 23.2 Å². The number of ether oxygens (including phenoxy) is 3. The smallest absolute Gasteiger partial charge is 0.340 e. The molecule has 0 saturated carbocycles. The Labute approximate surface area is 164 Å². The van der Waals surface area contributed by atoms with Crippen molar-refractivity contribution in [2.45, 2.75) is 6.61 Å². The third kappa shape index (κ3) is 4.32. The molecule has 0 N–H and O–H groups in total. The van der Waals surface area contributed by atoms with Gasteiger partial charge in [-0.15, -0.1) is 0 Å². The van der Waals surface area contributed by atoms with E-state index in [1.54, 1.807) is 31.4 Å². The maximum atomic E-state index is 12.1. The summed E-state index contributed by atoms with van der Waals surface area (Å²) in [7, 11) is 3.08. The van der Waals surface area contributed by atoms with Gasteiger partial charge in [0, 0.05) is 11.1 Å².